The Labute approximate surface area is 114 Å². The maximum absolute atomic E-state index is 12.6. The summed E-state index contributed by atoms with van der Waals surface area (Å²) >= 11 is 1.55. The molecule has 1 aromatic rings. The molecule has 0 amide bonds. The van der Waals surface area contributed by atoms with Gasteiger partial charge in [0.05, 0.1) is 11.5 Å². The van der Waals surface area contributed by atoms with Crippen LogP contribution in [-0.2, 0) is 4.74 Å². The van der Waals surface area contributed by atoms with Crippen LogP contribution in [-0.4, -0.2) is 22.5 Å². The van der Waals surface area contributed by atoms with Crippen LogP contribution in [0.25, 0.3) is 0 Å². The highest BCUT2D eigenvalue weighted by atomic mass is 127. The van der Waals surface area contributed by atoms with Crippen molar-refractivity contribution in [3.63, 3.8) is 0 Å². The molecule has 0 aromatic carbocycles. The molecular weight excluding hydrogens is 365 g/mol. The van der Waals surface area contributed by atoms with E-state index >= 15 is 0 Å². The maximum atomic E-state index is 12.6. The molecular formula is C9H7F2IN2O4. The van der Waals surface area contributed by atoms with Crippen molar-refractivity contribution < 1.29 is 23.2 Å². The Hall–Kier alpha value is -1.39. The Balaban J connectivity index is 3.51. The predicted molar refractivity (Wildman–Crippen MR) is 64.5 cm³/mol. The lowest BCUT2D eigenvalue weighted by Gasteiger charge is -2.08. The SMILES string of the molecule is CCOC(=O)c1c(I)ncc(C(F)F)c1[N+](=O)[O-]. The number of pyridine rings is 1. The monoisotopic (exact) mass is 372 g/mol. The lowest BCUT2D eigenvalue weighted by atomic mass is 10.1. The number of esters is 1. The Bertz CT molecular complexity index is 496. The van der Waals surface area contributed by atoms with Crippen molar-refractivity contribution >= 4 is 34.2 Å². The maximum Gasteiger partial charge on any atom is 0.347 e. The minimum Gasteiger partial charge on any atom is -0.462 e. The third-order valence-electron chi connectivity index (χ3n) is 1.93. The van der Waals surface area contributed by atoms with E-state index in [0.717, 1.165) is 0 Å². The number of alkyl halides is 2. The van der Waals surface area contributed by atoms with Crippen LogP contribution >= 0.6 is 22.6 Å². The van der Waals surface area contributed by atoms with Crippen LogP contribution < -0.4 is 0 Å². The number of carbonyl (C=O) groups is 1. The molecule has 0 atom stereocenters. The van der Waals surface area contributed by atoms with E-state index in [1.54, 1.807) is 22.6 Å². The molecule has 0 bridgehead atoms. The van der Waals surface area contributed by atoms with Gasteiger partial charge in [-0.15, -0.1) is 0 Å². The standard InChI is InChI=1S/C9H7F2IN2O4/c1-2-18-9(15)5-6(14(16)17)4(7(10)11)3-13-8(5)12/h3,7H,2H2,1H3. The first-order valence-corrected chi connectivity index (χ1v) is 5.76. The highest BCUT2D eigenvalue weighted by Gasteiger charge is 2.33. The van der Waals surface area contributed by atoms with E-state index in [0.29, 0.717) is 6.20 Å². The summed E-state index contributed by atoms with van der Waals surface area (Å²) in [6.07, 6.45) is -2.41. The zero-order valence-electron chi connectivity index (χ0n) is 9.02. The molecule has 18 heavy (non-hydrogen) atoms. The van der Waals surface area contributed by atoms with Gasteiger partial charge < -0.3 is 4.74 Å². The third kappa shape index (κ3) is 2.89. The van der Waals surface area contributed by atoms with Crippen LogP contribution in [0.1, 0.15) is 29.3 Å². The van der Waals surface area contributed by atoms with Crippen molar-refractivity contribution in [2.45, 2.75) is 13.3 Å². The fourth-order valence-electron chi connectivity index (χ4n) is 1.23. The van der Waals surface area contributed by atoms with Crippen molar-refractivity contribution in [1.82, 2.24) is 4.98 Å². The summed E-state index contributed by atoms with van der Waals surface area (Å²) in [6.45, 7) is 1.48. The lowest BCUT2D eigenvalue weighted by Crippen LogP contribution is -2.13. The molecule has 0 spiro atoms. The summed E-state index contributed by atoms with van der Waals surface area (Å²) in [4.78, 5) is 24.9. The number of hydrogen-bond donors (Lipinski definition) is 0. The zero-order chi connectivity index (χ0) is 13.9. The van der Waals surface area contributed by atoms with Crippen LogP contribution in [0.4, 0.5) is 14.5 Å². The Kier molecular flexibility index (Phi) is 4.87. The average Bonchev–Trinajstić information content (AvgIpc) is 2.27. The molecule has 0 radical (unpaired) electrons. The molecule has 0 fully saturated rings. The molecule has 1 heterocycles. The summed E-state index contributed by atoms with van der Waals surface area (Å²) in [6, 6.07) is 0. The molecule has 98 valence electrons. The smallest absolute Gasteiger partial charge is 0.347 e. The fourth-order valence-corrected chi connectivity index (χ4v) is 1.85. The topological polar surface area (TPSA) is 82.3 Å². The van der Waals surface area contributed by atoms with Crippen molar-refractivity contribution in [3.05, 3.63) is 31.1 Å². The number of ether oxygens (including phenoxy) is 1. The third-order valence-corrected chi connectivity index (χ3v) is 2.75. The Morgan fingerprint density at radius 2 is 2.28 bits per heavy atom. The van der Waals surface area contributed by atoms with Gasteiger partial charge >= 0.3 is 5.97 Å². The first kappa shape index (κ1) is 14.7. The van der Waals surface area contributed by atoms with Crippen molar-refractivity contribution in [2.75, 3.05) is 6.61 Å². The van der Waals surface area contributed by atoms with Gasteiger partial charge in [-0.25, -0.2) is 18.6 Å². The molecule has 0 aliphatic rings. The highest BCUT2D eigenvalue weighted by Crippen LogP contribution is 2.33. The first-order valence-electron chi connectivity index (χ1n) is 4.68. The van der Waals surface area contributed by atoms with Crippen molar-refractivity contribution in [2.24, 2.45) is 0 Å². The van der Waals surface area contributed by atoms with Gasteiger partial charge in [0.2, 0.25) is 0 Å². The van der Waals surface area contributed by atoms with Crippen molar-refractivity contribution in [3.8, 4) is 0 Å². The molecule has 0 saturated carbocycles. The van der Waals surface area contributed by atoms with Crippen LogP contribution in [0.15, 0.2) is 6.20 Å². The first-order chi connectivity index (χ1) is 8.40. The van der Waals surface area contributed by atoms with Gasteiger partial charge in [0, 0.05) is 6.20 Å². The molecule has 0 N–H and O–H groups in total. The Morgan fingerprint density at radius 1 is 1.67 bits per heavy atom. The van der Waals surface area contributed by atoms with E-state index in [1.165, 1.54) is 6.92 Å². The largest absolute Gasteiger partial charge is 0.462 e. The average molecular weight is 372 g/mol. The number of halogens is 3. The summed E-state index contributed by atoms with van der Waals surface area (Å²) in [5.74, 6) is -1.04. The van der Waals surface area contributed by atoms with Gasteiger partial charge in [-0.3, -0.25) is 10.1 Å². The Morgan fingerprint density at radius 3 is 2.72 bits per heavy atom. The lowest BCUT2D eigenvalue weighted by molar-refractivity contribution is -0.386. The van der Waals surface area contributed by atoms with Gasteiger partial charge in [-0.05, 0) is 29.5 Å². The summed E-state index contributed by atoms with van der Waals surface area (Å²) < 4.78 is 29.8. The predicted octanol–water partition coefficient (Wildman–Crippen LogP) is 2.71. The molecule has 1 rings (SSSR count). The van der Waals surface area contributed by atoms with E-state index in [-0.39, 0.29) is 10.3 Å². The summed E-state index contributed by atoms with van der Waals surface area (Å²) in [5.41, 5.74) is -2.40. The number of nitro groups is 1. The number of rotatable bonds is 4. The quantitative estimate of drug-likeness (QED) is 0.267. The summed E-state index contributed by atoms with van der Waals surface area (Å²) in [7, 11) is 0. The van der Waals surface area contributed by atoms with Crippen LogP contribution in [0, 0.1) is 13.8 Å². The van der Waals surface area contributed by atoms with Gasteiger partial charge in [-0.2, -0.15) is 0 Å². The van der Waals surface area contributed by atoms with E-state index < -0.39 is 34.1 Å². The van der Waals surface area contributed by atoms with E-state index in [9.17, 15) is 23.7 Å². The number of nitrogens with zero attached hydrogens (tertiary/aromatic N) is 2. The minimum atomic E-state index is -3.09. The van der Waals surface area contributed by atoms with Crippen LogP contribution in [0.2, 0.25) is 0 Å². The number of hydrogen-bond acceptors (Lipinski definition) is 5. The highest BCUT2D eigenvalue weighted by molar-refractivity contribution is 14.1. The minimum absolute atomic E-state index is 0.0228. The molecule has 6 nitrogen and oxygen atoms in total. The van der Waals surface area contributed by atoms with E-state index in [4.69, 9.17) is 0 Å². The fraction of sp³-hybridized carbons (Fsp3) is 0.333. The second-order valence-electron chi connectivity index (χ2n) is 3.01. The van der Waals surface area contributed by atoms with E-state index in [2.05, 4.69) is 9.72 Å². The van der Waals surface area contributed by atoms with Gasteiger partial charge in [-0.1, -0.05) is 0 Å². The molecule has 9 heteroatoms. The van der Waals surface area contributed by atoms with Crippen molar-refractivity contribution in [1.29, 1.82) is 0 Å². The number of aromatic nitrogens is 1. The van der Waals surface area contributed by atoms with Crippen LogP contribution in [0.5, 0.6) is 0 Å². The van der Waals surface area contributed by atoms with Gasteiger partial charge in [0.15, 0.2) is 5.56 Å². The molecule has 0 aliphatic heterocycles. The second kappa shape index (κ2) is 5.98. The van der Waals surface area contributed by atoms with Crippen LogP contribution in [0.3, 0.4) is 0 Å². The zero-order valence-corrected chi connectivity index (χ0v) is 11.2. The van der Waals surface area contributed by atoms with Gasteiger partial charge in [0.25, 0.3) is 12.1 Å². The number of carbonyl (C=O) groups excluding carboxylic acids is 1. The van der Waals surface area contributed by atoms with Gasteiger partial charge in [0.1, 0.15) is 9.26 Å². The normalized spacial score (nSPS) is 10.5. The summed E-state index contributed by atoms with van der Waals surface area (Å²) in [5, 5.41) is 10.8. The van der Waals surface area contributed by atoms with E-state index in [1.807, 2.05) is 0 Å². The molecule has 1 aromatic heterocycles. The molecule has 0 saturated heterocycles. The second-order valence-corrected chi connectivity index (χ2v) is 4.03. The molecule has 0 aliphatic carbocycles. The molecule has 0 unspecified atom stereocenters.